The number of carbonyl (C=O) groups is 1. The van der Waals surface area contributed by atoms with Crippen molar-refractivity contribution in [2.75, 3.05) is 5.73 Å². The summed E-state index contributed by atoms with van der Waals surface area (Å²) in [5, 5.41) is 3.91. The lowest BCUT2D eigenvalue weighted by atomic mass is 10.1. The van der Waals surface area contributed by atoms with E-state index >= 15 is 0 Å². The first-order valence-corrected chi connectivity index (χ1v) is 4.23. The summed E-state index contributed by atoms with van der Waals surface area (Å²) in [5.41, 5.74) is 12.3. The van der Waals surface area contributed by atoms with Crippen LogP contribution in [0.25, 0.3) is 5.69 Å². The quantitative estimate of drug-likeness (QED) is 0.668. The minimum Gasteiger partial charge on any atom is -0.399 e. The molecule has 6 nitrogen and oxygen atoms in total. The predicted molar refractivity (Wildman–Crippen MR) is 54.3 cm³/mol. The van der Waals surface area contributed by atoms with Gasteiger partial charge in [0.05, 0.1) is 11.3 Å². The normalized spacial score (nSPS) is 10.1. The first-order valence-electron chi connectivity index (χ1n) is 4.23. The van der Waals surface area contributed by atoms with Crippen molar-refractivity contribution in [3.8, 4) is 5.69 Å². The number of hydrogen-bond acceptors (Lipinski definition) is 4. The minimum atomic E-state index is -0.527. The van der Waals surface area contributed by atoms with E-state index in [-0.39, 0.29) is 0 Å². The fourth-order valence-electron chi connectivity index (χ4n) is 1.28. The van der Waals surface area contributed by atoms with E-state index in [4.69, 9.17) is 11.5 Å². The van der Waals surface area contributed by atoms with Gasteiger partial charge in [-0.2, -0.15) is 5.10 Å². The number of anilines is 1. The zero-order valence-electron chi connectivity index (χ0n) is 7.79. The Balaban J connectivity index is 2.63. The van der Waals surface area contributed by atoms with E-state index in [2.05, 4.69) is 10.1 Å². The number of primary amides is 1. The van der Waals surface area contributed by atoms with Crippen molar-refractivity contribution >= 4 is 11.6 Å². The van der Waals surface area contributed by atoms with Gasteiger partial charge in [0.1, 0.15) is 12.7 Å². The highest BCUT2D eigenvalue weighted by Crippen LogP contribution is 2.16. The van der Waals surface area contributed by atoms with Gasteiger partial charge < -0.3 is 11.5 Å². The van der Waals surface area contributed by atoms with E-state index < -0.39 is 5.91 Å². The molecule has 0 unspecified atom stereocenters. The maximum Gasteiger partial charge on any atom is 0.250 e. The van der Waals surface area contributed by atoms with Gasteiger partial charge in [0.2, 0.25) is 0 Å². The van der Waals surface area contributed by atoms with Crippen LogP contribution < -0.4 is 11.5 Å². The molecule has 0 atom stereocenters. The Labute approximate surface area is 85.5 Å². The van der Waals surface area contributed by atoms with Gasteiger partial charge in [-0.05, 0) is 18.2 Å². The highest BCUT2D eigenvalue weighted by atomic mass is 16.1. The number of hydrogen-bond donors (Lipinski definition) is 2. The molecule has 2 aromatic rings. The summed E-state index contributed by atoms with van der Waals surface area (Å²) in [5.74, 6) is -0.527. The lowest BCUT2D eigenvalue weighted by Gasteiger charge is -2.06. The Morgan fingerprint density at radius 1 is 1.40 bits per heavy atom. The molecule has 0 fully saturated rings. The molecule has 0 spiro atoms. The largest absolute Gasteiger partial charge is 0.399 e. The minimum absolute atomic E-state index is 0.356. The Bertz CT molecular complexity index is 491. The fraction of sp³-hybridized carbons (Fsp3) is 0. The highest BCUT2D eigenvalue weighted by molar-refractivity contribution is 5.97. The SMILES string of the molecule is NC(=O)c1ccc(N)cc1-n1cncn1. The Hall–Kier alpha value is -2.37. The Morgan fingerprint density at radius 2 is 2.20 bits per heavy atom. The third-order valence-electron chi connectivity index (χ3n) is 1.95. The molecule has 6 heteroatoms. The van der Waals surface area contributed by atoms with Gasteiger partial charge in [-0.3, -0.25) is 4.79 Å². The van der Waals surface area contributed by atoms with Crippen LogP contribution in [0, 0.1) is 0 Å². The summed E-state index contributed by atoms with van der Waals surface area (Å²) in [4.78, 5) is 14.9. The Morgan fingerprint density at radius 3 is 2.80 bits per heavy atom. The summed E-state index contributed by atoms with van der Waals surface area (Å²) in [6.45, 7) is 0. The van der Waals surface area contributed by atoms with Crippen LogP contribution in [0.1, 0.15) is 10.4 Å². The molecule has 1 heterocycles. The van der Waals surface area contributed by atoms with E-state index in [1.54, 1.807) is 18.2 Å². The van der Waals surface area contributed by atoms with Gasteiger partial charge in [0, 0.05) is 5.69 Å². The highest BCUT2D eigenvalue weighted by Gasteiger charge is 2.10. The van der Waals surface area contributed by atoms with Gasteiger partial charge in [0.25, 0.3) is 5.91 Å². The molecule has 4 N–H and O–H groups in total. The van der Waals surface area contributed by atoms with Crippen molar-refractivity contribution < 1.29 is 4.79 Å². The van der Waals surface area contributed by atoms with Crippen LogP contribution in [0.2, 0.25) is 0 Å². The molecular formula is C9H9N5O. The molecule has 0 saturated carbocycles. The van der Waals surface area contributed by atoms with Crippen LogP contribution in [-0.2, 0) is 0 Å². The summed E-state index contributed by atoms with van der Waals surface area (Å²) < 4.78 is 1.44. The monoisotopic (exact) mass is 203 g/mol. The van der Waals surface area contributed by atoms with E-state index in [9.17, 15) is 4.79 Å². The van der Waals surface area contributed by atoms with Gasteiger partial charge in [-0.15, -0.1) is 0 Å². The van der Waals surface area contributed by atoms with E-state index in [0.717, 1.165) is 0 Å². The number of nitrogen functional groups attached to an aromatic ring is 1. The van der Waals surface area contributed by atoms with E-state index in [1.165, 1.54) is 17.3 Å². The number of rotatable bonds is 2. The smallest absolute Gasteiger partial charge is 0.250 e. The summed E-state index contributed by atoms with van der Waals surface area (Å²) in [7, 11) is 0. The molecule has 0 aliphatic carbocycles. The predicted octanol–water partition coefficient (Wildman–Crippen LogP) is -0.0516. The van der Waals surface area contributed by atoms with Crippen LogP contribution in [-0.4, -0.2) is 20.7 Å². The van der Waals surface area contributed by atoms with Crippen LogP contribution in [0.4, 0.5) is 5.69 Å². The summed E-state index contributed by atoms with van der Waals surface area (Å²) in [6.07, 6.45) is 2.84. The van der Waals surface area contributed by atoms with Crippen molar-refractivity contribution in [2.24, 2.45) is 5.73 Å². The zero-order valence-corrected chi connectivity index (χ0v) is 7.79. The van der Waals surface area contributed by atoms with Crippen molar-refractivity contribution in [3.63, 3.8) is 0 Å². The number of aromatic nitrogens is 3. The van der Waals surface area contributed by atoms with Crippen molar-refractivity contribution in [2.45, 2.75) is 0 Å². The second-order valence-corrected chi connectivity index (χ2v) is 2.98. The topological polar surface area (TPSA) is 99.8 Å². The Kier molecular flexibility index (Phi) is 2.09. The van der Waals surface area contributed by atoms with Crippen molar-refractivity contribution in [1.29, 1.82) is 0 Å². The van der Waals surface area contributed by atoms with Crippen LogP contribution in [0.3, 0.4) is 0 Å². The summed E-state index contributed by atoms with van der Waals surface area (Å²) >= 11 is 0. The number of amides is 1. The standard InChI is InChI=1S/C9H9N5O/c10-6-1-2-7(9(11)15)8(3-6)14-5-12-4-13-14/h1-5H,10H2,(H2,11,15). The molecule has 2 rings (SSSR count). The third kappa shape index (κ3) is 1.64. The van der Waals surface area contributed by atoms with Crippen molar-refractivity contribution in [1.82, 2.24) is 14.8 Å². The number of benzene rings is 1. The average molecular weight is 203 g/mol. The molecule has 0 bridgehead atoms. The molecule has 0 aliphatic heterocycles. The fourth-order valence-corrected chi connectivity index (χ4v) is 1.28. The van der Waals surface area contributed by atoms with Crippen LogP contribution >= 0.6 is 0 Å². The van der Waals surface area contributed by atoms with Crippen LogP contribution in [0.15, 0.2) is 30.9 Å². The summed E-state index contributed by atoms with van der Waals surface area (Å²) in [6, 6.07) is 4.80. The molecule has 1 amide bonds. The first-order chi connectivity index (χ1) is 7.18. The number of carbonyl (C=O) groups excluding carboxylic acids is 1. The van der Waals surface area contributed by atoms with Gasteiger partial charge in [-0.1, -0.05) is 0 Å². The molecule has 0 saturated heterocycles. The molecule has 15 heavy (non-hydrogen) atoms. The maximum absolute atomic E-state index is 11.1. The van der Waals surface area contributed by atoms with Crippen molar-refractivity contribution in [3.05, 3.63) is 36.4 Å². The molecule has 1 aromatic carbocycles. The van der Waals surface area contributed by atoms with Gasteiger partial charge >= 0.3 is 0 Å². The molecule has 76 valence electrons. The maximum atomic E-state index is 11.1. The molecular weight excluding hydrogens is 194 g/mol. The second-order valence-electron chi connectivity index (χ2n) is 2.98. The number of nitrogens with two attached hydrogens (primary N) is 2. The third-order valence-corrected chi connectivity index (χ3v) is 1.95. The zero-order chi connectivity index (χ0) is 10.8. The lowest BCUT2D eigenvalue weighted by Crippen LogP contribution is -2.15. The lowest BCUT2D eigenvalue weighted by molar-refractivity contribution is 0.1000. The van der Waals surface area contributed by atoms with Crippen LogP contribution in [0.5, 0.6) is 0 Å². The van der Waals surface area contributed by atoms with Gasteiger partial charge in [-0.25, -0.2) is 9.67 Å². The molecule has 0 radical (unpaired) electrons. The van der Waals surface area contributed by atoms with E-state index in [1.807, 2.05) is 0 Å². The molecule has 1 aromatic heterocycles. The second kappa shape index (κ2) is 3.41. The number of nitrogens with zero attached hydrogens (tertiary/aromatic N) is 3. The average Bonchev–Trinajstić information content (AvgIpc) is 2.69. The van der Waals surface area contributed by atoms with E-state index in [0.29, 0.717) is 16.9 Å². The van der Waals surface area contributed by atoms with Gasteiger partial charge in [0.15, 0.2) is 0 Å². The molecule has 0 aliphatic rings. The first kappa shape index (κ1) is 9.20.